The molecule has 0 saturated heterocycles. The highest BCUT2D eigenvalue weighted by atomic mass is 33.1. The van der Waals surface area contributed by atoms with E-state index in [9.17, 15) is 9.59 Å². The fourth-order valence-corrected chi connectivity index (χ4v) is 7.30. The summed E-state index contributed by atoms with van der Waals surface area (Å²) in [6.45, 7) is 0. The van der Waals surface area contributed by atoms with Gasteiger partial charge in [0.1, 0.15) is 9.16 Å². The third-order valence-corrected chi connectivity index (χ3v) is 9.33. The zero-order valence-electron chi connectivity index (χ0n) is 13.4. The summed E-state index contributed by atoms with van der Waals surface area (Å²) in [5, 5.41) is 0. The summed E-state index contributed by atoms with van der Waals surface area (Å²) in [5.74, 6) is 0.181. The number of hydrogen-bond acceptors (Lipinski definition) is 6. The molecule has 24 heavy (non-hydrogen) atoms. The maximum atomic E-state index is 12.6. The van der Waals surface area contributed by atoms with Crippen LogP contribution >= 0.6 is 45.1 Å². The Morgan fingerprint density at radius 1 is 0.667 bits per heavy atom. The Kier molecular flexibility index (Phi) is 8.32. The summed E-state index contributed by atoms with van der Waals surface area (Å²) < 4.78 is -0.453. The van der Waals surface area contributed by atoms with Gasteiger partial charge in [0.05, 0.1) is 0 Å². The van der Waals surface area contributed by atoms with Crippen molar-refractivity contribution in [3.8, 4) is 0 Å². The Hall–Kier alpha value is -0.820. The average Bonchev–Trinajstić information content (AvgIpc) is 2.66. The minimum absolute atomic E-state index is 0.0904. The molecule has 0 aliphatic carbocycles. The molecule has 0 aliphatic rings. The normalized spacial score (nSPS) is 13.2. The molecule has 0 radical (unpaired) electrons. The fourth-order valence-electron chi connectivity index (χ4n) is 1.96. The van der Waals surface area contributed by atoms with Crippen LogP contribution in [0.4, 0.5) is 0 Å². The molecule has 0 heterocycles. The van der Waals surface area contributed by atoms with Gasteiger partial charge in [0, 0.05) is 11.1 Å². The molecule has 6 heteroatoms. The van der Waals surface area contributed by atoms with Crippen molar-refractivity contribution in [2.45, 2.75) is 9.16 Å². The standard InChI is InChI=1S/C18H18O2S4/c1-21-17(15(19)13-9-5-3-6-10-13)23-24-18(22-2)16(20)14-11-7-4-8-12-14/h3-12,17-18H,1-2H3. The van der Waals surface area contributed by atoms with Crippen LogP contribution in [0.15, 0.2) is 60.7 Å². The highest BCUT2D eigenvalue weighted by Crippen LogP contribution is 2.41. The highest BCUT2D eigenvalue weighted by molar-refractivity contribution is 8.80. The van der Waals surface area contributed by atoms with Crippen molar-refractivity contribution >= 4 is 56.7 Å². The number of benzene rings is 2. The molecule has 0 aliphatic heterocycles. The van der Waals surface area contributed by atoms with Crippen molar-refractivity contribution in [1.82, 2.24) is 0 Å². The lowest BCUT2D eigenvalue weighted by atomic mass is 10.1. The van der Waals surface area contributed by atoms with Gasteiger partial charge in [-0.25, -0.2) is 0 Å². The molecule has 2 aromatic carbocycles. The van der Waals surface area contributed by atoms with E-state index in [0.29, 0.717) is 11.1 Å². The molecular formula is C18H18O2S4. The van der Waals surface area contributed by atoms with Gasteiger partial charge in [0.25, 0.3) is 0 Å². The molecule has 2 aromatic rings. The largest absolute Gasteiger partial charge is 0.292 e. The fraction of sp³-hybridized carbons (Fsp3) is 0.222. The lowest BCUT2D eigenvalue weighted by Gasteiger charge is -2.16. The lowest BCUT2D eigenvalue weighted by Crippen LogP contribution is -2.16. The summed E-state index contributed by atoms with van der Waals surface area (Å²) in [7, 11) is 2.94. The Bertz CT molecular complexity index is 602. The Balaban J connectivity index is 2.00. The smallest absolute Gasteiger partial charge is 0.186 e. The summed E-state index contributed by atoms with van der Waals surface area (Å²) in [4.78, 5) is 25.1. The van der Waals surface area contributed by atoms with Gasteiger partial charge in [0.15, 0.2) is 11.6 Å². The zero-order valence-corrected chi connectivity index (χ0v) is 16.6. The SMILES string of the molecule is CSC(SSC(SC)C(=O)c1ccccc1)C(=O)c1ccccc1. The van der Waals surface area contributed by atoms with Gasteiger partial charge >= 0.3 is 0 Å². The predicted molar refractivity (Wildman–Crippen MR) is 111 cm³/mol. The van der Waals surface area contributed by atoms with E-state index in [1.54, 1.807) is 0 Å². The Morgan fingerprint density at radius 3 is 1.29 bits per heavy atom. The van der Waals surface area contributed by atoms with Gasteiger partial charge in [-0.15, -0.1) is 23.5 Å². The molecule has 2 rings (SSSR count). The molecule has 2 nitrogen and oxygen atoms in total. The van der Waals surface area contributed by atoms with E-state index in [1.165, 1.54) is 45.1 Å². The topological polar surface area (TPSA) is 34.1 Å². The average molecular weight is 395 g/mol. The highest BCUT2D eigenvalue weighted by Gasteiger charge is 2.25. The van der Waals surface area contributed by atoms with Crippen molar-refractivity contribution in [1.29, 1.82) is 0 Å². The van der Waals surface area contributed by atoms with Gasteiger partial charge in [0.2, 0.25) is 0 Å². The van der Waals surface area contributed by atoms with Crippen LogP contribution in [0.1, 0.15) is 20.7 Å². The van der Waals surface area contributed by atoms with E-state index < -0.39 is 0 Å². The van der Waals surface area contributed by atoms with Crippen molar-refractivity contribution in [3.63, 3.8) is 0 Å². The van der Waals surface area contributed by atoms with E-state index in [2.05, 4.69) is 0 Å². The van der Waals surface area contributed by atoms with Crippen LogP contribution in [0.2, 0.25) is 0 Å². The molecule has 2 atom stereocenters. The molecule has 2 unspecified atom stereocenters. The molecule has 0 bridgehead atoms. The van der Waals surface area contributed by atoms with Gasteiger partial charge in [-0.05, 0) is 12.5 Å². The first kappa shape index (κ1) is 19.5. The Labute approximate surface area is 159 Å². The van der Waals surface area contributed by atoms with Gasteiger partial charge in [-0.1, -0.05) is 82.3 Å². The van der Waals surface area contributed by atoms with E-state index in [0.717, 1.165) is 0 Å². The van der Waals surface area contributed by atoms with Crippen LogP contribution < -0.4 is 0 Å². The molecule has 126 valence electrons. The molecule has 0 N–H and O–H groups in total. The first-order valence-electron chi connectivity index (χ1n) is 7.23. The van der Waals surface area contributed by atoms with Crippen molar-refractivity contribution in [2.75, 3.05) is 12.5 Å². The molecule has 0 saturated carbocycles. The lowest BCUT2D eigenvalue weighted by molar-refractivity contribution is 0.100. The van der Waals surface area contributed by atoms with Crippen LogP contribution in [0.25, 0.3) is 0 Å². The number of carbonyl (C=O) groups is 2. The number of hydrogen-bond donors (Lipinski definition) is 0. The molecule has 0 amide bonds. The van der Waals surface area contributed by atoms with Crippen molar-refractivity contribution < 1.29 is 9.59 Å². The maximum Gasteiger partial charge on any atom is 0.186 e. The summed E-state index contributed by atoms with van der Waals surface area (Å²) in [6, 6.07) is 18.6. The molecule has 0 aromatic heterocycles. The molecular weight excluding hydrogens is 376 g/mol. The quantitative estimate of drug-likeness (QED) is 0.317. The zero-order chi connectivity index (χ0) is 17.4. The number of ketones is 2. The minimum atomic E-state index is -0.226. The predicted octanol–water partition coefficient (Wildman–Crippen LogP) is 5.51. The van der Waals surface area contributed by atoms with Crippen LogP contribution in [0, 0.1) is 0 Å². The van der Waals surface area contributed by atoms with E-state index in [1.807, 2.05) is 73.2 Å². The van der Waals surface area contributed by atoms with Gasteiger partial charge in [-0.2, -0.15) is 0 Å². The Morgan fingerprint density at radius 2 is 1.00 bits per heavy atom. The number of carbonyl (C=O) groups excluding carboxylic acids is 2. The second-order valence-electron chi connectivity index (χ2n) is 4.79. The minimum Gasteiger partial charge on any atom is -0.292 e. The van der Waals surface area contributed by atoms with Crippen LogP contribution in [0.5, 0.6) is 0 Å². The van der Waals surface area contributed by atoms with E-state index >= 15 is 0 Å². The second-order valence-corrected chi connectivity index (χ2v) is 9.75. The summed E-state index contributed by atoms with van der Waals surface area (Å²) >= 11 is 3.01. The van der Waals surface area contributed by atoms with Crippen molar-refractivity contribution in [2.24, 2.45) is 0 Å². The first-order chi connectivity index (χ1) is 11.7. The van der Waals surface area contributed by atoms with Gasteiger partial charge in [-0.3, -0.25) is 9.59 Å². The summed E-state index contributed by atoms with van der Waals surface area (Å²) in [5.41, 5.74) is 1.42. The maximum absolute atomic E-state index is 12.6. The first-order valence-corrected chi connectivity index (χ1v) is 12.1. The van der Waals surface area contributed by atoms with Crippen LogP contribution in [-0.4, -0.2) is 33.2 Å². The number of Topliss-reactive ketones (excluding diaryl/α,β-unsaturated/α-hetero) is 2. The van der Waals surface area contributed by atoms with E-state index in [-0.39, 0.29) is 20.7 Å². The van der Waals surface area contributed by atoms with Crippen LogP contribution in [-0.2, 0) is 0 Å². The monoisotopic (exact) mass is 394 g/mol. The molecule has 0 spiro atoms. The van der Waals surface area contributed by atoms with Gasteiger partial charge < -0.3 is 0 Å². The summed E-state index contributed by atoms with van der Waals surface area (Å²) in [6.07, 6.45) is 3.85. The molecule has 0 fully saturated rings. The number of thioether (sulfide) groups is 2. The third kappa shape index (κ3) is 5.34. The van der Waals surface area contributed by atoms with Crippen LogP contribution in [0.3, 0.4) is 0 Å². The second kappa shape index (κ2) is 10.2. The third-order valence-electron chi connectivity index (χ3n) is 3.20. The van der Waals surface area contributed by atoms with Crippen molar-refractivity contribution in [3.05, 3.63) is 71.8 Å². The van der Waals surface area contributed by atoms with E-state index in [4.69, 9.17) is 0 Å². The number of rotatable bonds is 9.